The highest BCUT2D eigenvalue weighted by molar-refractivity contribution is 6.02. The van der Waals surface area contributed by atoms with Gasteiger partial charge in [-0.25, -0.2) is 4.98 Å². The Bertz CT molecular complexity index is 588. The molecule has 21 heavy (non-hydrogen) atoms. The second-order valence-electron chi connectivity index (χ2n) is 4.50. The van der Waals surface area contributed by atoms with Gasteiger partial charge in [0, 0.05) is 13.1 Å². The van der Waals surface area contributed by atoms with Crippen molar-refractivity contribution in [2.75, 3.05) is 23.3 Å². The number of hydrogen-bond acceptors (Lipinski definition) is 5. The van der Waals surface area contributed by atoms with Gasteiger partial charge in [-0.15, -0.1) is 0 Å². The molecule has 0 bridgehead atoms. The maximum atomic E-state index is 12.0. The molecule has 0 aliphatic rings. The zero-order valence-electron chi connectivity index (χ0n) is 12.3. The van der Waals surface area contributed by atoms with E-state index in [9.17, 15) is 4.79 Å². The number of nitrogens with zero attached hydrogens (tertiary/aromatic N) is 2. The predicted octanol–water partition coefficient (Wildman–Crippen LogP) is 2.23. The number of carbonyl (C=O) groups excluding carboxylic acids is 1. The molecule has 0 aliphatic heterocycles. The van der Waals surface area contributed by atoms with Crippen LogP contribution in [-0.4, -0.2) is 24.0 Å². The second-order valence-corrected chi connectivity index (χ2v) is 4.50. The van der Waals surface area contributed by atoms with Crippen LogP contribution in [0.1, 0.15) is 30.2 Å². The van der Waals surface area contributed by atoms with E-state index in [1.54, 1.807) is 18.3 Å². The second kappa shape index (κ2) is 6.90. The molecule has 0 aliphatic carbocycles. The highest BCUT2D eigenvalue weighted by Gasteiger charge is 2.11. The summed E-state index contributed by atoms with van der Waals surface area (Å²) in [5.74, 6) is 1.40. The molecule has 2 heterocycles. The van der Waals surface area contributed by atoms with Gasteiger partial charge in [-0.2, -0.15) is 0 Å². The number of pyridine rings is 1. The van der Waals surface area contributed by atoms with Gasteiger partial charge in [0.15, 0.2) is 5.76 Å². The molecule has 6 nitrogen and oxygen atoms in total. The summed E-state index contributed by atoms with van der Waals surface area (Å²) in [5, 5.41) is 2.74. The van der Waals surface area contributed by atoms with Gasteiger partial charge in [0.1, 0.15) is 11.6 Å². The maximum absolute atomic E-state index is 12.0. The van der Waals surface area contributed by atoms with Crippen molar-refractivity contribution in [1.29, 1.82) is 0 Å². The number of nitrogens with one attached hydrogen (secondary N) is 1. The van der Waals surface area contributed by atoms with E-state index >= 15 is 0 Å². The quantitative estimate of drug-likeness (QED) is 0.851. The van der Waals surface area contributed by atoms with Gasteiger partial charge in [-0.1, -0.05) is 0 Å². The number of furan rings is 1. The first kappa shape index (κ1) is 15.1. The van der Waals surface area contributed by atoms with Crippen LogP contribution in [0.2, 0.25) is 0 Å². The third kappa shape index (κ3) is 3.61. The molecule has 2 aromatic rings. The topological polar surface area (TPSA) is 84.4 Å². The minimum absolute atomic E-state index is 0.239. The third-order valence-corrected chi connectivity index (χ3v) is 3.18. The zero-order chi connectivity index (χ0) is 15.2. The van der Waals surface area contributed by atoms with Crippen LogP contribution in [0.25, 0.3) is 0 Å². The van der Waals surface area contributed by atoms with Crippen molar-refractivity contribution in [2.45, 2.75) is 20.4 Å². The zero-order valence-corrected chi connectivity index (χ0v) is 12.3. The average Bonchev–Trinajstić information content (AvgIpc) is 2.99. The number of nitrogens with two attached hydrogens (primary N) is 1. The minimum atomic E-state index is -0.313. The summed E-state index contributed by atoms with van der Waals surface area (Å²) in [6, 6.07) is 7.01. The Morgan fingerprint density at radius 1 is 1.29 bits per heavy atom. The normalized spacial score (nSPS) is 10.4. The third-order valence-electron chi connectivity index (χ3n) is 3.18. The standard InChI is InChI=1S/C15H20N4O2/c1-3-19(4-2)14-8-5-11(10-17-14)18-15(20)13-7-6-12(9-16)21-13/h5-8,10H,3-4,9,16H2,1-2H3,(H,18,20). The van der Waals surface area contributed by atoms with Crippen LogP contribution in [0.4, 0.5) is 11.5 Å². The van der Waals surface area contributed by atoms with Crippen molar-refractivity contribution in [2.24, 2.45) is 5.73 Å². The lowest BCUT2D eigenvalue weighted by molar-refractivity contribution is 0.0995. The molecule has 2 rings (SSSR count). The van der Waals surface area contributed by atoms with Gasteiger partial charge in [0.25, 0.3) is 5.91 Å². The van der Waals surface area contributed by atoms with Crippen LogP contribution in [0, 0.1) is 0 Å². The first-order chi connectivity index (χ1) is 10.2. The number of hydrogen-bond donors (Lipinski definition) is 2. The van der Waals surface area contributed by atoms with E-state index in [0.717, 1.165) is 18.9 Å². The van der Waals surface area contributed by atoms with E-state index in [-0.39, 0.29) is 18.2 Å². The van der Waals surface area contributed by atoms with E-state index in [0.29, 0.717) is 11.4 Å². The van der Waals surface area contributed by atoms with Crippen molar-refractivity contribution >= 4 is 17.4 Å². The fraction of sp³-hybridized carbons (Fsp3) is 0.333. The largest absolute Gasteiger partial charge is 0.455 e. The smallest absolute Gasteiger partial charge is 0.291 e. The van der Waals surface area contributed by atoms with Crippen molar-refractivity contribution in [1.82, 2.24) is 4.98 Å². The highest BCUT2D eigenvalue weighted by Crippen LogP contribution is 2.15. The lowest BCUT2D eigenvalue weighted by Gasteiger charge is -2.19. The van der Waals surface area contributed by atoms with Gasteiger partial charge in [-0.3, -0.25) is 4.79 Å². The molecule has 0 aromatic carbocycles. The fourth-order valence-electron chi connectivity index (χ4n) is 2.00. The van der Waals surface area contributed by atoms with Crippen LogP contribution in [0.15, 0.2) is 34.9 Å². The Morgan fingerprint density at radius 2 is 2.05 bits per heavy atom. The number of amides is 1. The van der Waals surface area contributed by atoms with Crippen LogP contribution >= 0.6 is 0 Å². The number of carbonyl (C=O) groups is 1. The molecule has 2 aromatic heterocycles. The fourth-order valence-corrected chi connectivity index (χ4v) is 2.00. The van der Waals surface area contributed by atoms with Crippen molar-refractivity contribution < 1.29 is 9.21 Å². The van der Waals surface area contributed by atoms with Crippen LogP contribution < -0.4 is 16.0 Å². The average molecular weight is 288 g/mol. The van der Waals surface area contributed by atoms with Crippen molar-refractivity contribution in [3.8, 4) is 0 Å². The molecule has 1 amide bonds. The Labute approximate surface area is 124 Å². The molecular weight excluding hydrogens is 268 g/mol. The monoisotopic (exact) mass is 288 g/mol. The minimum Gasteiger partial charge on any atom is -0.455 e. The van der Waals surface area contributed by atoms with Gasteiger partial charge in [0.2, 0.25) is 0 Å². The SMILES string of the molecule is CCN(CC)c1ccc(NC(=O)c2ccc(CN)o2)cn1. The number of aromatic nitrogens is 1. The molecule has 3 N–H and O–H groups in total. The molecule has 0 unspecified atom stereocenters. The number of rotatable bonds is 6. The van der Waals surface area contributed by atoms with Crippen molar-refractivity contribution in [3.63, 3.8) is 0 Å². The summed E-state index contributed by atoms with van der Waals surface area (Å²) in [5.41, 5.74) is 6.07. The first-order valence-electron chi connectivity index (χ1n) is 6.99. The van der Waals surface area contributed by atoms with Crippen molar-refractivity contribution in [3.05, 3.63) is 42.0 Å². The van der Waals surface area contributed by atoms with Gasteiger partial charge >= 0.3 is 0 Å². The van der Waals surface area contributed by atoms with E-state index < -0.39 is 0 Å². The van der Waals surface area contributed by atoms with E-state index in [4.69, 9.17) is 10.2 Å². The Balaban J connectivity index is 2.04. The first-order valence-corrected chi connectivity index (χ1v) is 6.99. The molecule has 0 atom stereocenters. The van der Waals surface area contributed by atoms with Crippen LogP contribution in [0.3, 0.4) is 0 Å². The lowest BCUT2D eigenvalue weighted by Crippen LogP contribution is -2.22. The predicted molar refractivity (Wildman–Crippen MR) is 82.4 cm³/mol. The van der Waals surface area contributed by atoms with E-state index in [2.05, 4.69) is 29.0 Å². The molecule has 112 valence electrons. The summed E-state index contributed by atoms with van der Waals surface area (Å²) < 4.78 is 5.30. The highest BCUT2D eigenvalue weighted by atomic mass is 16.4. The number of anilines is 2. The Hall–Kier alpha value is -2.34. The summed E-state index contributed by atoms with van der Waals surface area (Å²) in [4.78, 5) is 18.5. The maximum Gasteiger partial charge on any atom is 0.291 e. The summed E-state index contributed by atoms with van der Waals surface area (Å²) >= 11 is 0. The molecular formula is C15H20N4O2. The van der Waals surface area contributed by atoms with E-state index in [1.807, 2.05) is 12.1 Å². The summed E-state index contributed by atoms with van der Waals surface area (Å²) in [6.07, 6.45) is 1.64. The van der Waals surface area contributed by atoms with Gasteiger partial charge in [-0.05, 0) is 38.1 Å². The van der Waals surface area contributed by atoms with Gasteiger partial charge < -0.3 is 20.4 Å². The van der Waals surface area contributed by atoms with Crippen LogP contribution in [-0.2, 0) is 6.54 Å². The Morgan fingerprint density at radius 3 is 2.57 bits per heavy atom. The molecule has 0 spiro atoms. The Kier molecular flexibility index (Phi) is 4.94. The summed E-state index contributed by atoms with van der Waals surface area (Å²) in [7, 11) is 0. The lowest BCUT2D eigenvalue weighted by atomic mass is 10.3. The molecule has 0 fully saturated rings. The molecule has 6 heteroatoms. The molecule has 0 saturated heterocycles. The summed E-state index contributed by atoms with van der Waals surface area (Å²) in [6.45, 7) is 6.21. The van der Waals surface area contributed by atoms with Gasteiger partial charge in [0.05, 0.1) is 18.4 Å². The van der Waals surface area contributed by atoms with E-state index in [1.165, 1.54) is 0 Å². The molecule has 0 radical (unpaired) electrons. The van der Waals surface area contributed by atoms with Crippen LogP contribution in [0.5, 0.6) is 0 Å². The molecule has 0 saturated carbocycles.